The van der Waals surface area contributed by atoms with E-state index in [4.69, 9.17) is 9.15 Å². The summed E-state index contributed by atoms with van der Waals surface area (Å²) in [5.74, 6) is 1.94. The molecule has 0 fully saturated rings. The molecule has 0 amide bonds. The van der Waals surface area contributed by atoms with E-state index in [0.29, 0.717) is 18.2 Å². The van der Waals surface area contributed by atoms with Gasteiger partial charge in [0.15, 0.2) is 0 Å². The molecule has 0 N–H and O–H groups in total. The summed E-state index contributed by atoms with van der Waals surface area (Å²) in [6.07, 6.45) is 4.40. The lowest BCUT2D eigenvalue weighted by Crippen LogP contribution is -1.89. The van der Waals surface area contributed by atoms with Gasteiger partial charge >= 0.3 is 0 Å². The molecule has 1 aromatic heterocycles. The number of methoxy groups -OCH3 is 1. The number of hydrogen-bond donors (Lipinski definition) is 0. The quantitative estimate of drug-likeness (QED) is 0.710. The number of aryl methyl sites for hydroxylation is 1. The van der Waals surface area contributed by atoms with Crippen LogP contribution in [0.15, 0.2) is 52.9 Å². The summed E-state index contributed by atoms with van der Waals surface area (Å²) in [5, 5.41) is 8.13. The molecule has 4 heteroatoms. The zero-order valence-electron chi connectivity index (χ0n) is 13.2. The molecule has 3 rings (SSSR count). The summed E-state index contributed by atoms with van der Waals surface area (Å²) < 4.78 is 10.8. The van der Waals surface area contributed by atoms with Crippen molar-refractivity contribution in [1.29, 1.82) is 0 Å². The Kier molecular flexibility index (Phi) is 4.52. The van der Waals surface area contributed by atoms with Gasteiger partial charge in [0.1, 0.15) is 5.75 Å². The van der Waals surface area contributed by atoms with E-state index in [0.717, 1.165) is 16.9 Å². The van der Waals surface area contributed by atoms with Crippen molar-refractivity contribution in [1.82, 2.24) is 10.2 Å². The van der Waals surface area contributed by atoms with Gasteiger partial charge in [-0.25, -0.2) is 0 Å². The summed E-state index contributed by atoms with van der Waals surface area (Å²) in [5.41, 5.74) is 3.44. The largest absolute Gasteiger partial charge is 0.497 e. The van der Waals surface area contributed by atoms with E-state index >= 15 is 0 Å². The molecule has 0 saturated carbocycles. The molecule has 0 unspecified atom stereocenters. The van der Waals surface area contributed by atoms with Gasteiger partial charge in [-0.2, -0.15) is 0 Å². The van der Waals surface area contributed by atoms with E-state index in [-0.39, 0.29) is 0 Å². The first-order chi connectivity index (χ1) is 11.2. The van der Waals surface area contributed by atoms with E-state index in [1.165, 1.54) is 5.56 Å². The minimum atomic E-state index is 0.508. The van der Waals surface area contributed by atoms with E-state index < -0.39 is 0 Å². The van der Waals surface area contributed by atoms with Gasteiger partial charge in [-0.1, -0.05) is 42.0 Å². The summed E-state index contributed by atoms with van der Waals surface area (Å²) in [6, 6.07) is 16.1. The van der Waals surface area contributed by atoms with Gasteiger partial charge < -0.3 is 9.15 Å². The molecule has 0 aliphatic carbocycles. The lowest BCUT2D eigenvalue weighted by Gasteiger charge is -2.00. The molecular weight excluding hydrogens is 288 g/mol. The highest BCUT2D eigenvalue weighted by Crippen LogP contribution is 2.15. The molecule has 3 aromatic rings. The second-order valence-corrected chi connectivity index (χ2v) is 5.30. The second kappa shape index (κ2) is 6.92. The van der Waals surface area contributed by atoms with Crippen LogP contribution in [0, 0.1) is 6.92 Å². The Balaban J connectivity index is 1.66. The zero-order valence-corrected chi connectivity index (χ0v) is 13.2. The van der Waals surface area contributed by atoms with Gasteiger partial charge in [0.05, 0.1) is 13.5 Å². The minimum absolute atomic E-state index is 0.508. The molecule has 0 saturated heterocycles. The number of rotatable bonds is 5. The molecule has 2 aromatic carbocycles. The first-order valence-electron chi connectivity index (χ1n) is 7.43. The van der Waals surface area contributed by atoms with Crippen molar-refractivity contribution in [2.45, 2.75) is 13.3 Å². The van der Waals surface area contributed by atoms with Crippen molar-refractivity contribution >= 4 is 12.2 Å². The SMILES string of the molecule is COc1ccc(Cc2nnc(/C=C/c3ccc(C)cc3)o2)cc1. The molecule has 116 valence electrons. The van der Waals surface area contributed by atoms with Gasteiger partial charge in [0.25, 0.3) is 0 Å². The van der Waals surface area contributed by atoms with Crippen molar-refractivity contribution in [2.24, 2.45) is 0 Å². The normalized spacial score (nSPS) is 11.0. The maximum absolute atomic E-state index is 5.65. The Labute approximate surface area is 135 Å². The summed E-state index contributed by atoms with van der Waals surface area (Å²) in [6.45, 7) is 2.07. The van der Waals surface area contributed by atoms with Crippen LogP contribution in [0.3, 0.4) is 0 Å². The number of hydrogen-bond acceptors (Lipinski definition) is 4. The highest BCUT2D eigenvalue weighted by Gasteiger charge is 2.05. The first kappa shape index (κ1) is 15.0. The van der Waals surface area contributed by atoms with Gasteiger partial charge in [-0.3, -0.25) is 0 Å². The third-order valence-electron chi connectivity index (χ3n) is 3.49. The Morgan fingerprint density at radius 1 is 0.957 bits per heavy atom. The van der Waals surface area contributed by atoms with Crippen LogP contribution >= 0.6 is 0 Å². The molecular formula is C19H18N2O2. The van der Waals surface area contributed by atoms with Crippen LogP contribution in [0.25, 0.3) is 12.2 Å². The van der Waals surface area contributed by atoms with E-state index in [9.17, 15) is 0 Å². The third-order valence-corrected chi connectivity index (χ3v) is 3.49. The predicted octanol–water partition coefficient (Wildman–Crippen LogP) is 4.15. The van der Waals surface area contributed by atoms with Gasteiger partial charge in [0, 0.05) is 6.08 Å². The summed E-state index contributed by atoms with van der Waals surface area (Å²) >= 11 is 0. The van der Waals surface area contributed by atoms with Crippen molar-refractivity contribution in [2.75, 3.05) is 7.11 Å². The van der Waals surface area contributed by atoms with Crippen molar-refractivity contribution in [3.05, 3.63) is 77.0 Å². The van der Waals surface area contributed by atoms with Crippen LogP contribution in [0.2, 0.25) is 0 Å². The van der Waals surface area contributed by atoms with Crippen LogP contribution in [0.4, 0.5) is 0 Å². The monoisotopic (exact) mass is 306 g/mol. The summed E-state index contributed by atoms with van der Waals surface area (Å²) in [4.78, 5) is 0. The zero-order chi connectivity index (χ0) is 16.1. The fourth-order valence-electron chi connectivity index (χ4n) is 2.17. The van der Waals surface area contributed by atoms with Gasteiger partial charge in [-0.05, 0) is 36.3 Å². The predicted molar refractivity (Wildman–Crippen MR) is 90.2 cm³/mol. The van der Waals surface area contributed by atoms with Crippen LogP contribution in [-0.4, -0.2) is 17.3 Å². The van der Waals surface area contributed by atoms with Crippen molar-refractivity contribution in [3.8, 4) is 5.75 Å². The standard InChI is InChI=1S/C19H18N2O2/c1-14-3-5-15(6-4-14)9-12-18-20-21-19(23-18)13-16-7-10-17(22-2)11-8-16/h3-12H,13H2,1-2H3/b12-9+. The lowest BCUT2D eigenvalue weighted by atomic mass is 10.1. The molecule has 4 nitrogen and oxygen atoms in total. The highest BCUT2D eigenvalue weighted by molar-refractivity contribution is 5.65. The van der Waals surface area contributed by atoms with Crippen LogP contribution < -0.4 is 4.74 Å². The van der Waals surface area contributed by atoms with Crippen LogP contribution in [0.5, 0.6) is 5.75 Å². The van der Waals surface area contributed by atoms with Gasteiger partial charge in [0.2, 0.25) is 11.8 Å². The van der Waals surface area contributed by atoms with Crippen LogP contribution in [-0.2, 0) is 6.42 Å². The topological polar surface area (TPSA) is 48.2 Å². The fourth-order valence-corrected chi connectivity index (χ4v) is 2.17. The number of ether oxygens (including phenoxy) is 1. The first-order valence-corrected chi connectivity index (χ1v) is 7.43. The van der Waals surface area contributed by atoms with Crippen LogP contribution in [0.1, 0.15) is 28.5 Å². The lowest BCUT2D eigenvalue weighted by molar-refractivity contribution is 0.414. The maximum atomic E-state index is 5.65. The molecule has 0 atom stereocenters. The summed E-state index contributed by atoms with van der Waals surface area (Å²) in [7, 11) is 1.65. The maximum Gasteiger partial charge on any atom is 0.240 e. The highest BCUT2D eigenvalue weighted by atomic mass is 16.5. The molecule has 0 radical (unpaired) electrons. The molecule has 1 heterocycles. The molecule has 23 heavy (non-hydrogen) atoms. The molecule has 0 aliphatic heterocycles. The average molecular weight is 306 g/mol. The Bertz CT molecular complexity index is 787. The number of nitrogens with zero attached hydrogens (tertiary/aromatic N) is 2. The van der Waals surface area contributed by atoms with E-state index in [2.05, 4.69) is 41.4 Å². The smallest absolute Gasteiger partial charge is 0.240 e. The number of aromatic nitrogens is 2. The van der Waals surface area contributed by atoms with Crippen molar-refractivity contribution in [3.63, 3.8) is 0 Å². The van der Waals surface area contributed by atoms with Gasteiger partial charge in [-0.15, -0.1) is 10.2 Å². The fraction of sp³-hybridized carbons (Fsp3) is 0.158. The molecule has 0 spiro atoms. The minimum Gasteiger partial charge on any atom is -0.497 e. The molecule has 0 aliphatic rings. The molecule has 0 bridgehead atoms. The Morgan fingerprint density at radius 2 is 1.70 bits per heavy atom. The third kappa shape index (κ3) is 4.07. The Hall–Kier alpha value is -2.88. The van der Waals surface area contributed by atoms with E-state index in [1.807, 2.05) is 36.4 Å². The van der Waals surface area contributed by atoms with Crippen molar-refractivity contribution < 1.29 is 9.15 Å². The van der Waals surface area contributed by atoms with E-state index in [1.54, 1.807) is 7.11 Å². The Morgan fingerprint density at radius 3 is 2.39 bits per heavy atom. The second-order valence-electron chi connectivity index (χ2n) is 5.30. The average Bonchev–Trinajstić information content (AvgIpc) is 3.02. The number of benzene rings is 2.